The second kappa shape index (κ2) is 6.61. The molecular weight excluding hydrogens is 261 g/mol. The number of H-pyrrole nitrogens is 1. The van der Waals surface area contributed by atoms with E-state index in [9.17, 15) is 4.79 Å². The van der Waals surface area contributed by atoms with Crippen molar-refractivity contribution < 1.29 is 9.90 Å². The average molecular weight is 276 g/mol. The van der Waals surface area contributed by atoms with Crippen molar-refractivity contribution in [2.75, 3.05) is 0 Å². The predicted molar refractivity (Wildman–Crippen MR) is 89.2 cm³/mol. The first-order valence-corrected chi connectivity index (χ1v) is 6.48. The third-order valence-electron chi connectivity index (χ3n) is 3.01. The van der Waals surface area contributed by atoms with E-state index in [2.05, 4.69) is 18.1 Å². The number of rotatable bonds is 6. The first kappa shape index (κ1) is 14.7. The van der Waals surface area contributed by atoms with Gasteiger partial charge in [0.15, 0.2) is 0 Å². The van der Waals surface area contributed by atoms with Crippen LogP contribution in [0.2, 0.25) is 0 Å². The number of allylic oxidation sites excluding steroid dienone is 6. The molecule has 2 aromatic rings. The zero-order valence-electron chi connectivity index (χ0n) is 11.5. The van der Waals surface area contributed by atoms with Gasteiger partial charge in [0.1, 0.15) is 0 Å². The Morgan fingerprint density at radius 2 is 2.00 bits per heavy atom. The molecule has 0 atom stereocenters. The number of carbonyl (C=O) groups is 1. The zero-order valence-corrected chi connectivity index (χ0v) is 11.5. The van der Waals surface area contributed by atoms with E-state index in [1.165, 1.54) is 7.28 Å². The van der Waals surface area contributed by atoms with E-state index in [1.807, 2.05) is 36.4 Å². The summed E-state index contributed by atoms with van der Waals surface area (Å²) < 4.78 is 0. The summed E-state index contributed by atoms with van der Waals surface area (Å²) in [5, 5.41) is 9.99. The SMILES string of the molecule is C=C/C=C\C(=C/C=C)c1[nH]c2ccccc2c1[B]C(=O)O. The van der Waals surface area contributed by atoms with Crippen molar-refractivity contribution in [3.63, 3.8) is 0 Å². The van der Waals surface area contributed by atoms with Crippen molar-refractivity contribution >= 4 is 35.1 Å². The third kappa shape index (κ3) is 3.23. The fraction of sp³-hybridized carbons (Fsp3) is 0. The maximum absolute atomic E-state index is 11.1. The first-order valence-electron chi connectivity index (χ1n) is 6.48. The Kier molecular flexibility index (Phi) is 4.62. The highest BCUT2D eigenvalue weighted by Crippen LogP contribution is 2.20. The summed E-state index contributed by atoms with van der Waals surface area (Å²) in [4.78, 5) is 14.4. The Labute approximate surface area is 124 Å². The predicted octanol–water partition coefficient (Wildman–Crippen LogP) is 3.49. The van der Waals surface area contributed by atoms with Gasteiger partial charge in [0.05, 0.1) is 0 Å². The van der Waals surface area contributed by atoms with E-state index in [0.29, 0.717) is 5.46 Å². The molecule has 2 N–H and O–H groups in total. The first-order chi connectivity index (χ1) is 10.2. The van der Waals surface area contributed by atoms with Gasteiger partial charge in [-0.3, -0.25) is 4.79 Å². The van der Waals surface area contributed by atoms with Gasteiger partial charge >= 0.3 is 7.28 Å². The number of para-hydroxylation sites is 1. The topological polar surface area (TPSA) is 53.1 Å². The fourth-order valence-electron chi connectivity index (χ4n) is 2.19. The van der Waals surface area contributed by atoms with Gasteiger partial charge in [-0.1, -0.05) is 61.7 Å². The lowest BCUT2D eigenvalue weighted by molar-refractivity contribution is 0.220. The third-order valence-corrected chi connectivity index (χ3v) is 3.01. The van der Waals surface area contributed by atoms with Crippen molar-refractivity contribution in [1.82, 2.24) is 4.98 Å². The highest BCUT2D eigenvalue weighted by atomic mass is 16.4. The van der Waals surface area contributed by atoms with Gasteiger partial charge in [-0.2, -0.15) is 0 Å². The zero-order chi connectivity index (χ0) is 15.2. The molecule has 0 spiro atoms. The molecular formula is C17H15BNO2. The number of benzene rings is 1. The molecule has 0 aliphatic rings. The van der Waals surface area contributed by atoms with Crippen molar-refractivity contribution in [3.05, 3.63) is 73.5 Å². The van der Waals surface area contributed by atoms with Crippen LogP contribution >= 0.6 is 0 Å². The number of hydrogen-bond acceptors (Lipinski definition) is 1. The molecule has 4 heteroatoms. The van der Waals surface area contributed by atoms with Gasteiger partial charge in [0, 0.05) is 11.2 Å². The summed E-state index contributed by atoms with van der Waals surface area (Å²) in [6, 6.07) is 7.60. The van der Waals surface area contributed by atoms with Gasteiger partial charge in [0.2, 0.25) is 5.87 Å². The summed E-state index contributed by atoms with van der Waals surface area (Å²) in [7, 11) is 1.22. The van der Waals surface area contributed by atoms with Crippen LogP contribution < -0.4 is 5.46 Å². The van der Waals surface area contributed by atoms with Crippen molar-refractivity contribution in [2.45, 2.75) is 0 Å². The van der Waals surface area contributed by atoms with Crippen LogP contribution in [0.1, 0.15) is 5.69 Å². The van der Waals surface area contributed by atoms with Gasteiger partial charge in [0.25, 0.3) is 0 Å². The number of carboxylic acid groups (broad SMARTS) is 1. The fourth-order valence-corrected chi connectivity index (χ4v) is 2.19. The van der Waals surface area contributed by atoms with Crippen molar-refractivity contribution in [1.29, 1.82) is 0 Å². The second-order valence-corrected chi connectivity index (χ2v) is 4.39. The van der Waals surface area contributed by atoms with E-state index in [-0.39, 0.29) is 0 Å². The Morgan fingerprint density at radius 1 is 1.24 bits per heavy atom. The minimum absolute atomic E-state index is 0.653. The van der Waals surface area contributed by atoms with Crippen LogP contribution in [0, 0.1) is 0 Å². The number of nitrogens with one attached hydrogen (secondary N) is 1. The van der Waals surface area contributed by atoms with Crippen molar-refractivity contribution in [2.24, 2.45) is 0 Å². The molecule has 0 saturated heterocycles. The van der Waals surface area contributed by atoms with E-state index in [4.69, 9.17) is 5.11 Å². The van der Waals surface area contributed by atoms with E-state index in [0.717, 1.165) is 22.2 Å². The summed E-state index contributed by atoms with van der Waals surface area (Å²) in [5.41, 5.74) is 3.13. The number of aromatic nitrogens is 1. The minimum atomic E-state index is -0.980. The van der Waals surface area contributed by atoms with Crippen LogP contribution in [0.5, 0.6) is 0 Å². The normalized spacial score (nSPS) is 11.7. The summed E-state index contributed by atoms with van der Waals surface area (Å²) in [6.45, 7) is 7.35. The lowest BCUT2D eigenvalue weighted by Crippen LogP contribution is -2.24. The second-order valence-electron chi connectivity index (χ2n) is 4.39. The van der Waals surface area contributed by atoms with Gasteiger partial charge < -0.3 is 10.1 Å². The Morgan fingerprint density at radius 3 is 2.67 bits per heavy atom. The standard InChI is InChI=1S/C17H15BNO2/c1-3-5-9-12(8-4-2)16-15(18-17(20)21)13-10-6-7-11-14(13)19-16/h3-11,19H,1-2H2,(H,20,21)/b9-5-,12-8+. The number of fused-ring (bicyclic) bond motifs is 1. The quantitative estimate of drug-likeness (QED) is 0.626. The molecule has 0 bridgehead atoms. The summed E-state index contributed by atoms with van der Waals surface area (Å²) in [6.07, 6.45) is 8.81. The van der Waals surface area contributed by atoms with Crippen molar-refractivity contribution in [3.8, 4) is 0 Å². The van der Waals surface area contributed by atoms with Crippen LogP contribution in [0.25, 0.3) is 16.5 Å². The molecule has 21 heavy (non-hydrogen) atoms. The molecule has 0 fully saturated rings. The molecule has 0 aliphatic heterocycles. The lowest BCUT2D eigenvalue weighted by Gasteiger charge is -2.03. The Balaban J connectivity index is 2.67. The highest BCUT2D eigenvalue weighted by Gasteiger charge is 2.17. The highest BCUT2D eigenvalue weighted by molar-refractivity contribution is 6.84. The summed E-state index contributed by atoms with van der Waals surface area (Å²) in [5.74, 6) is -0.980. The van der Waals surface area contributed by atoms with Crippen LogP contribution in [0.15, 0.2) is 67.8 Å². The maximum atomic E-state index is 11.1. The van der Waals surface area contributed by atoms with E-state index >= 15 is 0 Å². The Bertz CT molecular complexity index is 753. The largest absolute Gasteiger partial charge is 0.489 e. The van der Waals surface area contributed by atoms with Crippen LogP contribution in [-0.4, -0.2) is 23.2 Å². The van der Waals surface area contributed by atoms with Gasteiger partial charge in [-0.05, 0) is 22.5 Å². The number of aromatic amines is 1. The average Bonchev–Trinajstić information content (AvgIpc) is 2.82. The van der Waals surface area contributed by atoms with Gasteiger partial charge in [-0.25, -0.2) is 0 Å². The van der Waals surface area contributed by atoms with Gasteiger partial charge in [-0.15, -0.1) is 0 Å². The molecule has 103 valence electrons. The number of hydrogen-bond donors (Lipinski definition) is 2. The molecule has 0 unspecified atom stereocenters. The molecule has 1 radical (unpaired) electrons. The van der Waals surface area contributed by atoms with Crippen LogP contribution in [0.3, 0.4) is 0 Å². The molecule has 1 aromatic heterocycles. The lowest BCUT2D eigenvalue weighted by atomic mass is 9.68. The molecule has 2 rings (SSSR count). The molecule has 3 nitrogen and oxygen atoms in total. The molecule has 1 heterocycles. The Hall–Kier alpha value is -2.75. The monoisotopic (exact) mass is 276 g/mol. The van der Waals surface area contributed by atoms with E-state index in [1.54, 1.807) is 18.2 Å². The molecule has 0 saturated carbocycles. The van der Waals surface area contributed by atoms with Crippen LogP contribution in [-0.2, 0) is 0 Å². The smallest absolute Gasteiger partial charge is 0.302 e. The molecule has 1 aromatic carbocycles. The molecule has 0 amide bonds. The minimum Gasteiger partial charge on any atom is -0.489 e. The maximum Gasteiger partial charge on any atom is 0.302 e. The molecule has 0 aliphatic carbocycles. The summed E-state index contributed by atoms with van der Waals surface area (Å²) >= 11 is 0. The van der Waals surface area contributed by atoms with E-state index < -0.39 is 5.87 Å². The van der Waals surface area contributed by atoms with Crippen LogP contribution in [0.4, 0.5) is 4.79 Å².